The van der Waals surface area contributed by atoms with Crippen LogP contribution in [0.2, 0.25) is 5.02 Å². The Balaban J connectivity index is 1.49. The van der Waals surface area contributed by atoms with E-state index in [1.54, 1.807) is 36.7 Å². The zero-order chi connectivity index (χ0) is 19.1. The van der Waals surface area contributed by atoms with Crippen LogP contribution in [0.4, 0.5) is 0 Å². The number of carbonyl (C=O) groups excluding carboxylic acids is 1. The lowest BCUT2D eigenvalue weighted by Crippen LogP contribution is -2.29. The average Bonchev–Trinajstić information content (AvgIpc) is 3.46. The molecule has 1 amide bonds. The van der Waals surface area contributed by atoms with E-state index in [0.717, 1.165) is 23.4 Å². The van der Waals surface area contributed by atoms with Gasteiger partial charge in [-0.05, 0) is 55.0 Å². The number of aromatic nitrogens is 3. The number of nitrogens with zero attached hydrogens (tertiary/aromatic N) is 4. The van der Waals surface area contributed by atoms with Crippen LogP contribution in [-0.2, 0) is 0 Å². The van der Waals surface area contributed by atoms with Crippen LogP contribution in [0.3, 0.4) is 0 Å². The number of benzene rings is 1. The van der Waals surface area contributed by atoms with Gasteiger partial charge in [0.15, 0.2) is 17.2 Å². The lowest BCUT2D eigenvalue weighted by Gasteiger charge is -2.18. The highest BCUT2D eigenvalue weighted by Gasteiger charge is 2.31. The van der Waals surface area contributed by atoms with Crippen LogP contribution in [0.1, 0.15) is 22.8 Å². The minimum atomic E-state index is 0.0103. The van der Waals surface area contributed by atoms with Crippen LogP contribution in [0.15, 0.2) is 65.4 Å². The number of likely N-dealkylation sites (tertiary alicyclic amines) is 1. The standard InChI is InChI=1S/C21H17ClN4O2/c22-15-7-5-14(6-8-15)21(27)25-11-9-16(13-25)26-19-17(3-1-10-23-19)24-20(26)18-4-2-12-28-18/h1-8,10,12,16H,9,11,13H2/t16-/m1/s1. The van der Waals surface area contributed by atoms with Crippen LogP contribution in [0.25, 0.3) is 22.7 Å². The predicted molar refractivity (Wildman–Crippen MR) is 106 cm³/mol. The van der Waals surface area contributed by atoms with Gasteiger partial charge in [0.2, 0.25) is 0 Å². The molecule has 0 bridgehead atoms. The van der Waals surface area contributed by atoms with Crippen molar-refractivity contribution in [3.63, 3.8) is 0 Å². The number of hydrogen-bond acceptors (Lipinski definition) is 4. The first-order valence-electron chi connectivity index (χ1n) is 9.12. The summed E-state index contributed by atoms with van der Waals surface area (Å²) >= 11 is 5.94. The molecular weight excluding hydrogens is 376 g/mol. The van der Waals surface area contributed by atoms with Crippen LogP contribution < -0.4 is 0 Å². The van der Waals surface area contributed by atoms with Gasteiger partial charge in [0.1, 0.15) is 5.52 Å². The van der Waals surface area contributed by atoms with E-state index in [4.69, 9.17) is 21.0 Å². The minimum absolute atomic E-state index is 0.0103. The molecule has 0 unspecified atom stereocenters. The molecule has 0 spiro atoms. The number of hydrogen-bond donors (Lipinski definition) is 0. The van der Waals surface area contributed by atoms with Crippen molar-refractivity contribution in [1.29, 1.82) is 0 Å². The summed E-state index contributed by atoms with van der Waals surface area (Å²) in [5.41, 5.74) is 2.26. The fourth-order valence-corrected chi connectivity index (χ4v) is 3.89. The summed E-state index contributed by atoms with van der Waals surface area (Å²) in [4.78, 5) is 24.0. The average molecular weight is 393 g/mol. The number of halogens is 1. The topological polar surface area (TPSA) is 64.2 Å². The number of furan rings is 1. The van der Waals surface area contributed by atoms with Gasteiger partial charge in [-0.2, -0.15) is 0 Å². The molecule has 1 atom stereocenters. The first-order valence-corrected chi connectivity index (χ1v) is 9.50. The monoisotopic (exact) mass is 392 g/mol. The lowest BCUT2D eigenvalue weighted by atomic mass is 10.2. The van der Waals surface area contributed by atoms with Crippen molar-refractivity contribution in [3.8, 4) is 11.6 Å². The van der Waals surface area contributed by atoms with Crippen LogP contribution >= 0.6 is 11.6 Å². The molecule has 7 heteroatoms. The third kappa shape index (κ3) is 2.86. The number of pyridine rings is 1. The zero-order valence-corrected chi connectivity index (χ0v) is 15.7. The molecule has 28 heavy (non-hydrogen) atoms. The molecule has 5 rings (SSSR count). The van der Waals surface area contributed by atoms with Crippen molar-refractivity contribution < 1.29 is 9.21 Å². The molecular formula is C21H17ClN4O2. The van der Waals surface area contributed by atoms with Crippen molar-refractivity contribution in [2.24, 2.45) is 0 Å². The van der Waals surface area contributed by atoms with Gasteiger partial charge in [-0.25, -0.2) is 9.97 Å². The number of imidazole rings is 1. The third-order valence-electron chi connectivity index (χ3n) is 5.10. The van der Waals surface area contributed by atoms with E-state index in [-0.39, 0.29) is 11.9 Å². The number of amides is 1. The van der Waals surface area contributed by atoms with Gasteiger partial charge < -0.3 is 13.9 Å². The molecule has 1 fully saturated rings. The second-order valence-corrected chi connectivity index (χ2v) is 7.27. The number of rotatable bonds is 3. The Labute approximate surface area is 166 Å². The molecule has 0 N–H and O–H groups in total. The molecule has 3 aromatic heterocycles. The predicted octanol–water partition coefficient (Wildman–Crippen LogP) is 4.43. The summed E-state index contributed by atoms with van der Waals surface area (Å²) in [6.07, 6.45) is 4.23. The summed E-state index contributed by atoms with van der Waals surface area (Å²) in [7, 11) is 0. The van der Waals surface area contributed by atoms with Gasteiger partial charge in [-0.1, -0.05) is 11.6 Å². The third-order valence-corrected chi connectivity index (χ3v) is 5.35. The van der Waals surface area contributed by atoms with E-state index in [9.17, 15) is 4.79 Å². The van der Waals surface area contributed by atoms with Gasteiger partial charge in [0.25, 0.3) is 5.91 Å². The first kappa shape index (κ1) is 17.0. The highest BCUT2D eigenvalue weighted by atomic mass is 35.5. The largest absolute Gasteiger partial charge is 0.461 e. The second-order valence-electron chi connectivity index (χ2n) is 6.83. The maximum atomic E-state index is 12.9. The highest BCUT2D eigenvalue weighted by molar-refractivity contribution is 6.30. The minimum Gasteiger partial charge on any atom is -0.461 e. The maximum Gasteiger partial charge on any atom is 0.253 e. The van der Waals surface area contributed by atoms with Gasteiger partial charge in [-0.3, -0.25) is 4.79 Å². The SMILES string of the molecule is O=C(c1ccc(Cl)cc1)N1CC[C@@H](n2c(-c3ccco3)nc3cccnc32)C1. The molecule has 1 saturated heterocycles. The quantitative estimate of drug-likeness (QED) is 0.517. The molecule has 1 aliphatic heterocycles. The smallest absolute Gasteiger partial charge is 0.253 e. The summed E-state index contributed by atoms with van der Waals surface area (Å²) in [5, 5.41) is 0.620. The molecule has 1 aromatic carbocycles. The van der Waals surface area contributed by atoms with Crippen LogP contribution in [-0.4, -0.2) is 38.4 Å². The van der Waals surface area contributed by atoms with E-state index in [1.165, 1.54) is 0 Å². The van der Waals surface area contributed by atoms with E-state index in [1.807, 2.05) is 29.2 Å². The van der Waals surface area contributed by atoms with E-state index >= 15 is 0 Å². The molecule has 4 aromatic rings. The Morgan fingerprint density at radius 1 is 1.14 bits per heavy atom. The van der Waals surface area contributed by atoms with Crippen molar-refractivity contribution in [2.45, 2.75) is 12.5 Å². The number of carbonyl (C=O) groups is 1. The first-order chi connectivity index (χ1) is 13.7. The van der Waals surface area contributed by atoms with E-state index < -0.39 is 0 Å². The van der Waals surface area contributed by atoms with Crippen molar-refractivity contribution in [1.82, 2.24) is 19.4 Å². The van der Waals surface area contributed by atoms with Gasteiger partial charge in [0.05, 0.1) is 12.3 Å². The Hall–Kier alpha value is -3.12. The van der Waals surface area contributed by atoms with Gasteiger partial charge in [-0.15, -0.1) is 0 Å². The zero-order valence-electron chi connectivity index (χ0n) is 15.0. The van der Waals surface area contributed by atoms with Crippen LogP contribution in [0, 0.1) is 0 Å². The van der Waals surface area contributed by atoms with Crippen molar-refractivity contribution >= 4 is 28.7 Å². The normalized spacial score (nSPS) is 16.8. The number of fused-ring (bicyclic) bond motifs is 1. The lowest BCUT2D eigenvalue weighted by molar-refractivity contribution is 0.0788. The molecule has 0 aliphatic carbocycles. The highest BCUT2D eigenvalue weighted by Crippen LogP contribution is 2.32. The van der Waals surface area contributed by atoms with E-state index in [2.05, 4.69) is 9.55 Å². The summed E-state index contributed by atoms with van der Waals surface area (Å²) in [6, 6.07) is 14.6. The fourth-order valence-electron chi connectivity index (χ4n) is 3.77. The Morgan fingerprint density at radius 2 is 2.00 bits per heavy atom. The molecule has 0 saturated carbocycles. The molecule has 1 aliphatic rings. The Bertz CT molecular complexity index is 1140. The Kier molecular flexibility index (Phi) is 4.13. The van der Waals surface area contributed by atoms with Gasteiger partial charge in [0, 0.05) is 29.9 Å². The molecule has 4 heterocycles. The fraction of sp³-hybridized carbons (Fsp3) is 0.190. The molecule has 6 nitrogen and oxygen atoms in total. The summed E-state index contributed by atoms with van der Waals surface area (Å²) in [5.74, 6) is 1.45. The molecule has 140 valence electrons. The summed E-state index contributed by atoms with van der Waals surface area (Å²) < 4.78 is 7.70. The Morgan fingerprint density at radius 3 is 2.79 bits per heavy atom. The van der Waals surface area contributed by atoms with Crippen LogP contribution in [0.5, 0.6) is 0 Å². The summed E-state index contributed by atoms with van der Waals surface area (Å²) in [6.45, 7) is 1.27. The van der Waals surface area contributed by atoms with Crippen molar-refractivity contribution in [2.75, 3.05) is 13.1 Å². The van der Waals surface area contributed by atoms with Crippen molar-refractivity contribution in [3.05, 3.63) is 71.6 Å². The van der Waals surface area contributed by atoms with E-state index in [0.29, 0.717) is 29.4 Å². The maximum absolute atomic E-state index is 12.9. The van der Waals surface area contributed by atoms with Gasteiger partial charge >= 0.3 is 0 Å². The second kappa shape index (κ2) is 6.80. The molecule has 0 radical (unpaired) electrons.